The van der Waals surface area contributed by atoms with E-state index < -0.39 is 0 Å². The largest absolute Gasteiger partial charge is 0.381 e. The number of nitrogens with zero attached hydrogens (tertiary/aromatic N) is 1. The summed E-state index contributed by atoms with van der Waals surface area (Å²) in [6.07, 6.45) is 4.87. The summed E-state index contributed by atoms with van der Waals surface area (Å²) in [5.74, 6) is 0.484. The molecule has 0 aromatic rings. The molecule has 2 fully saturated rings. The minimum Gasteiger partial charge on any atom is -0.381 e. The van der Waals surface area contributed by atoms with Crippen molar-refractivity contribution in [3.05, 3.63) is 0 Å². The molecule has 0 aromatic heterocycles. The molecule has 2 rings (SSSR count). The van der Waals surface area contributed by atoms with Crippen molar-refractivity contribution in [2.24, 2.45) is 5.92 Å². The Morgan fingerprint density at radius 2 is 2.12 bits per heavy atom. The van der Waals surface area contributed by atoms with Crippen molar-refractivity contribution in [1.82, 2.24) is 4.90 Å². The van der Waals surface area contributed by atoms with Gasteiger partial charge >= 0.3 is 0 Å². The van der Waals surface area contributed by atoms with Crippen LogP contribution < -0.4 is 0 Å². The third-order valence-corrected chi connectivity index (χ3v) is 3.72. The van der Waals surface area contributed by atoms with Crippen molar-refractivity contribution >= 4 is 17.9 Å². The van der Waals surface area contributed by atoms with E-state index in [9.17, 15) is 4.79 Å². The van der Waals surface area contributed by atoms with Crippen LogP contribution >= 0.6 is 12.0 Å². The first-order valence-electron chi connectivity index (χ1n) is 5.87. The highest BCUT2D eigenvalue weighted by Crippen LogP contribution is 2.22. The van der Waals surface area contributed by atoms with Gasteiger partial charge in [-0.25, -0.2) is 0 Å². The SMILES string of the molecule is CSOC1CCN(C(=O)C2CCOCC2)C1. The lowest BCUT2D eigenvalue weighted by Crippen LogP contribution is -2.37. The van der Waals surface area contributed by atoms with Crippen LogP contribution in [0.3, 0.4) is 0 Å². The van der Waals surface area contributed by atoms with Gasteiger partial charge in [0.1, 0.15) is 0 Å². The van der Waals surface area contributed by atoms with E-state index >= 15 is 0 Å². The second kappa shape index (κ2) is 5.89. The summed E-state index contributed by atoms with van der Waals surface area (Å²) in [6.45, 7) is 3.07. The molecule has 2 aliphatic heterocycles. The van der Waals surface area contributed by atoms with Crippen LogP contribution in [-0.4, -0.2) is 49.5 Å². The van der Waals surface area contributed by atoms with Gasteiger partial charge in [0.05, 0.1) is 6.10 Å². The predicted octanol–water partition coefficient (Wildman–Crippen LogP) is 1.31. The summed E-state index contributed by atoms with van der Waals surface area (Å²) in [7, 11) is 0. The Morgan fingerprint density at radius 1 is 1.38 bits per heavy atom. The standard InChI is InChI=1S/C11H19NO3S/c1-16-15-10-2-5-12(8-10)11(13)9-3-6-14-7-4-9/h9-10H,2-8H2,1H3. The second-order valence-corrected chi connectivity index (χ2v) is 4.87. The quantitative estimate of drug-likeness (QED) is 0.703. The van der Waals surface area contributed by atoms with E-state index in [1.54, 1.807) is 0 Å². The molecule has 5 heteroatoms. The molecule has 0 spiro atoms. The fraction of sp³-hybridized carbons (Fsp3) is 0.909. The van der Waals surface area contributed by atoms with Crippen molar-refractivity contribution in [1.29, 1.82) is 0 Å². The third kappa shape index (κ3) is 2.90. The lowest BCUT2D eigenvalue weighted by Gasteiger charge is -2.26. The van der Waals surface area contributed by atoms with Crippen LogP contribution in [0.5, 0.6) is 0 Å². The molecule has 16 heavy (non-hydrogen) atoms. The van der Waals surface area contributed by atoms with Crippen molar-refractivity contribution < 1.29 is 13.7 Å². The Kier molecular flexibility index (Phi) is 4.49. The van der Waals surface area contributed by atoms with Gasteiger partial charge in [-0.1, -0.05) is 0 Å². The number of amides is 1. The normalized spacial score (nSPS) is 27.3. The van der Waals surface area contributed by atoms with Gasteiger partial charge in [0.25, 0.3) is 0 Å². The van der Waals surface area contributed by atoms with Crippen LogP contribution in [0.15, 0.2) is 0 Å². The number of carbonyl (C=O) groups is 1. The highest BCUT2D eigenvalue weighted by molar-refractivity contribution is 7.93. The fourth-order valence-corrected chi connectivity index (χ4v) is 2.77. The van der Waals surface area contributed by atoms with Crippen LogP contribution in [0.1, 0.15) is 19.3 Å². The van der Waals surface area contributed by atoms with E-state index in [0.29, 0.717) is 5.91 Å². The average Bonchev–Trinajstić information content (AvgIpc) is 2.78. The molecular weight excluding hydrogens is 226 g/mol. The van der Waals surface area contributed by atoms with Crippen molar-refractivity contribution in [2.75, 3.05) is 32.6 Å². The van der Waals surface area contributed by atoms with Crippen LogP contribution in [-0.2, 0) is 13.7 Å². The van der Waals surface area contributed by atoms with Crippen molar-refractivity contribution in [3.8, 4) is 0 Å². The number of carbonyl (C=O) groups excluding carboxylic acids is 1. The van der Waals surface area contributed by atoms with E-state index in [2.05, 4.69) is 0 Å². The van der Waals surface area contributed by atoms with Gasteiger partial charge in [0.15, 0.2) is 0 Å². The van der Waals surface area contributed by atoms with E-state index in [-0.39, 0.29) is 12.0 Å². The molecule has 2 heterocycles. The summed E-state index contributed by atoms with van der Waals surface area (Å²) >= 11 is 1.39. The highest BCUT2D eigenvalue weighted by atomic mass is 32.2. The Bertz CT molecular complexity index is 243. The zero-order chi connectivity index (χ0) is 11.4. The van der Waals surface area contributed by atoms with Crippen LogP contribution in [0, 0.1) is 5.92 Å². The fourth-order valence-electron chi connectivity index (χ4n) is 2.35. The Labute approximate surface area is 101 Å². The average molecular weight is 245 g/mol. The monoisotopic (exact) mass is 245 g/mol. The molecule has 0 bridgehead atoms. The summed E-state index contributed by atoms with van der Waals surface area (Å²) in [5.41, 5.74) is 0. The summed E-state index contributed by atoms with van der Waals surface area (Å²) in [5, 5.41) is 0. The van der Waals surface area contributed by atoms with Gasteiger partial charge in [0.2, 0.25) is 5.91 Å². The van der Waals surface area contributed by atoms with Gasteiger partial charge < -0.3 is 13.8 Å². The number of rotatable bonds is 3. The van der Waals surface area contributed by atoms with Crippen molar-refractivity contribution in [2.45, 2.75) is 25.4 Å². The van der Waals surface area contributed by atoms with Crippen LogP contribution in [0.25, 0.3) is 0 Å². The lowest BCUT2D eigenvalue weighted by atomic mass is 9.99. The van der Waals surface area contributed by atoms with E-state index in [0.717, 1.165) is 45.6 Å². The predicted molar refractivity (Wildman–Crippen MR) is 63.1 cm³/mol. The Balaban J connectivity index is 1.81. The first-order valence-corrected chi connectivity index (χ1v) is 7.02. The van der Waals surface area contributed by atoms with E-state index in [1.165, 1.54) is 12.0 Å². The first kappa shape index (κ1) is 12.2. The van der Waals surface area contributed by atoms with Gasteiger partial charge in [-0.05, 0) is 31.3 Å². The maximum atomic E-state index is 12.2. The second-order valence-electron chi connectivity index (χ2n) is 4.34. The minimum absolute atomic E-state index is 0.182. The molecule has 0 aromatic carbocycles. The van der Waals surface area contributed by atoms with Crippen LogP contribution in [0.4, 0.5) is 0 Å². The maximum absolute atomic E-state index is 12.2. The zero-order valence-electron chi connectivity index (χ0n) is 9.68. The van der Waals surface area contributed by atoms with E-state index in [4.69, 9.17) is 8.92 Å². The molecular formula is C11H19NO3S. The molecule has 2 aliphatic rings. The third-order valence-electron chi connectivity index (χ3n) is 3.26. The summed E-state index contributed by atoms with van der Waals surface area (Å²) in [4.78, 5) is 14.1. The number of ether oxygens (including phenoxy) is 1. The van der Waals surface area contributed by atoms with Gasteiger partial charge in [0, 0.05) is 38.5 Å². The van der Waals surface area contributed by atoms with Gasteiger partial charge in [-0.15, -0.1) is 0 Å². The molecule has 0 radical (unpaired) electrons. The number of hydrogen-bond acceptors (Lipinski definition) is 4. The highest BCUT2D eigenvalue weighted by Gasteiger charge is 2.32. The number of likely N-dealkylation sites (tertiary alicyclic amines) is 1. The molecule has 1 atom stereocenters. The van der Waals surface area contributed by atoms with Gasteiger partial charge in [-0.2, -0.15) is 0 Å². The zero-order valence-corrected chi connectivity index (χ0v) is 10.5. The summed E-state index contributed by atoms with van der Waals surface area (Å²) in [6, 6.07) is 0. The van der Waals surface area contributed by atoms with E-state index in [1.807, 2.05) is 11.2 Å². The van der Waals surface area contributed by atoms with Crippen LogP contribution in [0.2, 0.25) is 0 Å². The lowest BCUT2D eigenvalue weighted by molar-refractivity contribution is -0.137. The molecule has 92 valence electrons. The molecule has 1 amide bonds. The molecule has 0 aliphatic carbocycles. The molecule has 2 saturated heterocycles. The molecule has 4 nitrogen and oxygen atoms in total. The van der Waals surface area contributed by atoms with Gasteiger partial charge in [-0.3, -0.25) is 4.79 Å². The minimum atomic E-state index is 0.182. The molecule has 0 N–H and O–H groups in total. The summed E-state index contributed by atoms with van der Waals surface area (Å²) < 4.78 is 10.7. The topological polar surface area (TPSA) is 38.8 Å². The smallest absolute Gasteiger partial charge is 0.225 e. The molecule has 1 unspecified atom stereocenters. The first-order chi connectivity index (χ1) is 7.81. The Morgan fingerprint density at radius 3 is 2.81 bits per heavy atom. The number of hydrogen-bond donors (Lipinski definition) is 0. The van der Waals surface area contributed by atoms with Crippen molar-refractivity contribution in [3.63, 3.8) is 0 Å². The molecule has 0 saturated carbocycles. The maximum Gasteiger partial charge on any atom is 0.225 e. The Hall–Kier alpha value is -0.260.